The minimum atomic E-state index is -1.22. The molecule has 1 aliphatic rings. The SMILES string of the molecule is Cc1ccc(C2(N)N=CC=C(c3cccnc3)N2)cc1C(=O)O. The molecule has 1 aliphatic heterocycles. The average molecular weight is 308 g/mol. The molecule has 1 aromatic carbocycles. The van der Waals surface area contributed by atoms with E-state index in [9.17, 15) is 9.90 Å². The molecule has 0 radical (unpaired) electrons. The summed E-state index contributed by atoms with van der Waals surface area (Å²) in [5, 5.41) is 12.4. The molecule has 0 saturated carbocycles. The topological polar surface area (TPSA) is 101 Å². The summed E-state index contributed by atoms with van der Waals surface area (Å²) in [6.07, 6.45) is 6.82. The average Bonchev–Trinajstić information content (AvgIpc) is 2.55. The summed E-state index contributed by atoms with van der Waals surface area (Å²) in [6.45, 7) is 1.75. The number of aromatic nitrogens is 1. The Morgan fingerprint density at radius 1 is 1.35 bits per heavy atom. The third-order valence-corrected chi connectivity index (χ3v) is 3.73. The molecule has 6 nitrogen and oxygen atoms in total. The molecular weight excluding hydrogens is 292 g/mol. The third-order valence-electron chi connectivity index (χ3n) is 3.73. The monoisotopic (exact) mass is 308 g/mol. The largest absolute Gasteiger partial charge is 0.478 e. The molecule has 0 aliphatic carbocycles. The number of rotatable bonds is 3. The van der Waals surface area contributed by atoms with E-state index < -0.39 is 11.8 Å². The molecule has 23 heavy (non-hydrogen) atoms. The molecule has 2 heterocycles. The van der Waals surface area contributed by atoms with E-state index in [2.05, 4.69) is 15.3 Å². The molecule has 0 saturated heterocycles. The van der Waals surface area contributed by atoms with Crippen LogP contribution in [0.25, 0.3) is 5.70 Å². The number of pyridine rings is 1. The Morgan fingerprint density at radius 2 is 2.17 bits per heavy atom. The summed E-state index contributed by atoms with van der Waals surface area (Å²) in [6, 6.07) is 8.79. The molecular formula is C17H16N4O2. The molecule has 1 unspecified atom stereocenters. The number of carbonyl (C=O) groups is 1. The highest BCUT2D eigenvalue weighted by atomic mass is 16.4. The quantitative estimate of drug-likeness (QED) is 0.803. The van der Waals surface area contributed by atoms with Gasteiger partial charge in [-0.15, -0.1) is 0 Å². The maximum atomic E-state index is 11.3. The molecule has 1 atom stereocenters. The lowest BCUT2D eigenvalue weighted by Gasteiger charge is -2.31. The number of nitrogens with two attached hydrogens (primary N) is 1. The van der Waals surface area contributed by atoms with Gasteiger partial charge in [0.2, 0.25) is 5.79 Å². The Kier molecular flexibility index (Phi) is 3.67. The molecule has 116 valence electrons. The van der Waals surface area contributed by atoms with Crippen LogP contribution in [0.4, 0.5) is 0 Å². The van der Waals surface area contributed by atoms with Gasteiger partial charge in [-0.25, -0.2) is 9.79 Å². The van der Waals surface area contributed by atoms with Crippen molar-refractivity contribution in [2.24, 2.45) is 10.7 Å². The van der Waals surface area contributed by atoms with E-state index in [0.29, 0.717) is 11.1 Å². The van der Waals surface area contributed by atoms with Gasteiger partial charge in [0.1, 0.15) is 0 Å². The van der Waals surface area contributed by atoms with Crippen molar-refractivity contribution in [2.45, 2.75) is 12.7 Å². The van der Waals surface area contributed by atoms with Crippen LogP contribution in [0.5, 0.6) is 0 Å². The number of aryl methyl sites for hydroxylation is 1. The molecule has 0 spiro atoms. The van der Waals surface area contributed by atoms with E-state index in [0.717, 1.165) is 11.3 Å². The second kappa shape index (κ2) is 5.66. The number of nitrogens with one attached hydrogen (secondary N) is 1. The molecule has 6 heteroatoms. The minimum Gasteiger partial charge on any atom is -0.478 e. The van der Waals surface area contributed by atoms with Gasteiger partial charge in [0, 0.05) is 35.4 Å². The van der Waals surface area contributed by atoms with Crippen LogP contribution in [0.2, 0.25) is 0 Å². The highest BCUT2D eigenvalue weighted by molar-refractivity contribution is 5.90. The van der Waals surface area contributed by atoms with Gasteiger partial charge in [0.25, 0.3) is 0 Å². The Morgan fingerprint density at radius 3 is 2.87 bits per heavy atom. The predicted molar refractivity (Wildman–Crippen MR) is 87.8 cm³/mol. The van der Waals surface area contributed by atoms with Crippen LogP contribution in [0.3, 0.4) is 0 Å². The van der Waals surface area contributed by atoms with Crippen molar-refractivity contribution < 1.29 is 9.90 Å². The number of aromatic carboxylic acids is 1. The molecule has 1 aromatic heterocycles. The zero-order valence-corrected chi connectivity index (χ0v) is 12.5. The van der Waals surface area contributed by atoms with Gasteiger partial charge in [-0.3, -0.25) is 10.7 Å². The number of hydrogen-bond acceptors (Lipinski definition) is 5. The summed E-state index contributed by atoms with van der Waals surface area (Å²) < 4.78 is 0. The zero-order chi connectivity index (χ0) is 16.4. The first-order valence-electron chi connectivity index (χ1n) is 7.07. The van der Waals surface area contributed by atoms with Gasteiger partial charge >= 0.3 is 5.97 Å². The number of benzene rings is 1. The minimum absolute atomic E-state index is 0.210. The summed E-state index contributed by atoms with van der Waals surface area (Å²) in [5.41, 5.74) is 9.47. The van der Waals surface area contributed by atoms with Crippen LogP contribution in [-0.4, -0.2) is 22.3 Å². The first-order chi connectivity index (χ1) is 11.0. The van der Waals surface area contributed by atoms with E-state index in [-0.39, 0.29) is 5.56 Å². The lowest BCUT2D eigenvalue weighted by molar-refractivity contribution is 0.0696. The van der Waals surface area contributed by atoms with Crippen molar-refractivity contribution >= 4 is 17.9 Å². The highest BCUT2D eigenvalue weighted by Gasteiger charge is 2.30. The van der Waals surface area contributed by atoms with Crippen molar-refractivity contribution in [2.75, 3.05) is 0 Å². The molecule has 4 N–H and O–H groups in total. The fourth-order valence-electron chi connectivity index (χ4n) is 2.44. The van der Waals surface area contributed by atoms with Crippen LogP contribution < -0.4 is 11.1 Å². The van der Waals surface area contributed by atoms with Crippen molar-refractivity contribution in [3.05, 3.63) is 71.1 Å². The highest BCUT2D eigenvalue weighted by Crippen LogP contribution is 2.26. The van der Waals surface area contributed by atoms with Crippen LogP contribution in [0, 0.1) is 6.92 Å². The number of aliphatic imine (C=N–C) groups is 1. The number of allylic oxidation sites excluding steroid dienone is 1. The summed E-state index contributed by atoms with van der Waals surface area (Å²) in [5.74, 6) is -2.21. The fourth-order valence-corrected chi connectivity index (χ4v) is 2.44. The molecule has 0 amide bonds. The Labute approximate surface area is 133 Å². The molecule has 2 aromatic rings. The van der Waals surface area contributed by atoms with Gasteiger partial charge in [0.05, 0.1) is 5.56 Å². The van der Waals surface area contributed by atoms with E-state index in [1.54, 1.807) is 49.8 Å². The number of nitrogens with zero attached hydrogens (tertiary/aromatic N) is 2. The molecule has 3 rings (SSSR count). The van der Waals surface area contributed by atoms with Gasteiger partial charge in [-0.2, -0.15) is 0 Å². The first kappa shape index (κ1) is 14.9. The molecule has 0 bridgehead atoms. The van der Waals surface area contributed by atoms with E-state index in [1.165, 1.54) is 0 Å². The van der Waals surface area contributed by atoms with Gasteiger partial charge in [-0.05, 0) is 36.8 Å². The summed E-state index contributed by atoms with van der Waals surface area (Å²) in [4.78, 5) is 19.7. The third kappa shape index (κ3) is 2.84. The van der Waals surface area contributed by atoms with Crippen molar-refractivity contribution in [3.8, 4) is 0 Å². The van der Waals surface area contributed by atoms with Crippen LogP contribution >= 0.6 is 0 Å². The normalized spacial score (nSPS) is 19.8. The zero-order valence-electron chi connectivity index (χ0n) is 12.5. The fraction of sp³-hybridized carbons (Fsp3) is 0.118. The van der Waals surface area contributed by atoms with Crippen molar-refractivity contribution in [3.63, 3.8) is 0 Å². The second-order valence-corrected chi connectivity index (χ2v) is 5.33. The van der Waals surface area contributed by atoms with E-state index in [1.807, 2.05) is 12.1 Å². The smallest absolute Gasteiger partial charge is 0.335 e. The van der Waals surface area contributed by atoms with Crippen LogP contribution in [0.1, 0.15) is 27.0 Å². The van der Waals surface area contributed by atoms with Crippen LogP contribution in [-0.2, 0) is 5.79 Å². The van der Waals surface area contributed by atoms with Crippen molar-refractivity contribution in [1.82, 2.24) is 10.3 Å². The number of hydrogen-bond donors (Lipinski definition) is 3. The van der Waals surface area contributed by atoms with Gasteiger partial charge in [0.15, 0.2) is 0 Å². The Bertz CT molecular complexity index is 815. The van der Waals surface area contributed by atoms with Gasteiger partial charge < -0.3 is 10.4 Å². The predicted octanol–water partition coefficient (Wildman–Crippen LogP) is 1.87. The van der Waals surface area contributed by atoms with Crippen molar-refractivity contribution in [1.29, 1.82) is 0 Å². The van der Waals surface area contributed by atoms with E-state index in [4.69, 9.17) is 5.73 Å². The Balaban J connectivity index is 1.98. The first-order valence-corrected chi connectivity index (χ1v) is 7.07. The number of carboxylic acids is 1. The molecule has 0 fully saturated rings. The maximum Gasteiger partial charge on any atom is 0.335 e. The van der Waals surface area contributed by atoms with Gasteiger partial charge in [-0.1, -0.05) is 12.1 Å². The number of carboxylic acid groups (broad SMARTS) is 1. The van der Waals surface area contributed by atoms with E-state index >= 15 is 0 Å². The standard InChI is InChI=1S/C17H16N4O2/c1-11-4-5-13(9-14(11)16(22)23)17(18)20-8-6-15(21-17)12-3-2-7-19-10-12/h2-10,21H,18H2,1H3,(H,22,23). The lowest BCUT2D eigenvalue weighted by Crippen LogP contribution is -2.49. The second-order valence-electron chi connectivity index (χ2n) is 5.33. The summed E-state index contributed by atoms with van der Waals surface area (Å²) in [7, 11) is 0. The van der Waals surface area contributed by atoms with Crippen LogP contribution in [0.15, 0.2) is 53.8 Å². The Hall–Kier alpha value is -2.99. The lowest BCUT2D eigenvalue weighted by atomic mass is 9.99. The summed E-state index contributed by atoms with van der Waals surface area (Å²) >= 11 is 0. The maximum absolute atomic E-state index is 11.3.